The van der Waals surface area contributed by atoms with Crippen LogP contribution in [0.1, 0.15) is 37.8 Å². The highest BCUT2D eigenvalue weighted by Gasteiger charge is 2.23. The zero-order chi connectivity index (χ0) is 13.8. The molecule has 5 heteroatoms. The van der Waals surface area contributed by atoms with Gasteiger partial charge in [0.1, 0.15) is 5.75 Å². The van der Waals surface area contributed by atoms with Gasteiger partial charge in [-0.05, 0) is 43.9 Å². The first-order chi connectivity index (χ1) is 9.08. The molecule has 0 bridgehead atoms. The second-order valence-corrected chi connectivity index (χ2v) is 5.28. The lowest BCUT2D eigenvalue weighted by atomic mass is 10.1. The molecule has 2 atom stereocenters. The van der Waals surface area contributed by atoms with Crippen molar-refractivity contribution in [1.29, 1.82) is 0 Å². The Labute approximate surface area is 118 Å². The summed E-state index contributed by atoms with van der Waals surface area (Å²) in [7, 11) is 0. The zero-order valence-corrected chi connectivity index (χ0v) is 11.7. The van der Waals surface area contributed by atoms with E-state index in [-0.39, 0.29) is 11.9 Å². The SMILES string of the molecule is C[C@@H](N)c1ccc(OC2CCCCNC2=O)c(Cl)c1. The summed E-state index contributed by atoms with van der Waals surface area (Å²) in [5, 5.41) is 3.33. The van der Waals surface area contributed by atoms with Crippen molar-refractivity contribution in [3.63, 3.8) is 0 Å². The number of hydrogen-bond acceptors (Lipinski definition) is 3. The van der Waals surface area contributed by atoms with Crippen molar-refractivity contribution in [2.45, 2.75) is 38.3 Å². The molecule has 104 valence electrons. The third-order valence-electron chi connectivity index (χ3n) is 3.24. The molecule has 0 aromatic heterocycles. The largest absolute Gasteiger partial charge is 0.479 e. The Kier molecular flexibility index (Phi) is 4.66. The number of ether oxygens (including phenoxy) is 1. The Hall–Kier alpha value is -1.26. The number of hydrogen-bond donors (Lipinski definition) is 2. The highest BCUT2D eigenvalue weighted by Crippen LogP contribution is 2.29. The Morgan fingerprint density at radius 1 is 1.47 bits per heavy atom. The number of benzene rings is 1. The van der Waals surface area contributed by atoms with Crippen molar-refractivity contribution in [2.75, 3.05) is 6.54 Å². The summed E-state index contributed by atoms with van der Waals surface area (Å²) in [6, 6.07) is 5.36. The monoisotopic (exact) mass is 282 g/mol. The molecule has 0 saturated carbocycles. The van der Waals surface area contributed by atoms with Gasteiger partial charge in [-0.15, -0.1) is 0 Å². The minimum atomic E-state index is -0.457. The fourth-order valence-electron chi connectivity index (χ4n) is 2.07. The van der Waals surface area contributed by atoms with Gasteiger partial charge in [-0.1, -0.05) is 17.7 Å². The predicted octanol–water partition coefficient (Wildman–Crippen LogP) is 2.41. The summed E-state index contributed by atoms with van der Waals surface area (Å²) >= 11 is 6.17. The predicted molar refractivity (Wildman–Crippen MR) is 75.3 cm³/mol. The van der Waals surface area contributed by atoms with Crippen LogP contribution in [0.5, 0.6) is 5.75 Å². The minimum absolute atomic E-state index is 0.0650. The summed E-state index contributed by atoms with van der Waals surface area (Å²) < 4.78 is 5.73. The van der Waals surface area contributed by atoms with E-state index < -0.39 is 6.10 Å². The van der Waals surface area contributed by atoms with Crippen molar-refractivity contribution in [2.24, 2.45) is 5.73 Å². The molecular formula is C14H19ClN2O2. The zero-order valence-electron chi connectivity index (χ0n) is 11.0. The van der Waals surface area contributed by atoms with Gasteiger partial charge in [0.15, 0.2) is 6.10 Å². The van der Waals surface area contributed by atoms with Gasteiger partial charge < -0.3 is 15.8 Å². The Morgan fingerprint density at radius 3 is 2.95 bits per heavy atom. The van der Waals surface area contributed by atoms with Crippen molar-refractivity contribution in [3.8, 4) is 5.75 Å². The Bertz CT molecular complexity index is 463. The molecule has 1 fully saturated rings. The van der Waals surface area contributed by atoms with Crippen LogP contribution in [0.4, 0.5) is 0 Å². The van der Waals surface area contributed by atoms with Crippen LogP contribution in [0.15, 0.2) is 18.2 Å². The first kappa shape index (κ1) is 14.2. The smallest absolute Gasteiger partial charge is 0.261 e. The molecule has 1 saturated heterocycles. The van der Waals surface area contributed by atoms with Crippen molar-refractivity contribution in [1.82, 2.24) is 5.32 Å². The van der Waals surface area contributed by atoms with Crippen molar-refractivity contribution >= 4 is 17.5 Å². The molecule has 1 aromatic carbocycles. The highest BCUT2D eigenvalue weighted by atomic mass is 35.5. The van der Waals surface area contributed by atoms with Gasteiger partial charge in [-0.3, -0.25) is 4.79 Å². The molecule has 1 amide bonds. The lowest BCUT2D eigenvalue weighted by Crippen LogP contribution is -2.36. The van der Waals surface area contributed by atoms with Crippen LogP contribution < -0.4 is 15.8 Å². The molecule has 0 aliphatic carbocycles. The van der Waals surface area contributed by atoms with Crippen LogP contribution in [-0.2, 0) is 4.79 Å². The van der Waals surface area contributed by atoms with Crippen molar-refractivity contribution in [3.05, 3.63) is 28.8 Å². The minimum Gasteiger partial charge on any atom is -0.479 e. The number of nitrogens with two attached hydrogens (primary N) is 1. The van der Waals surface area contributed by atoms with E-state index in [1.54, 1.807) is 12.1 Å². The average molecular weight is 283 g/mol. The summed E-state index contributed by atoms with van der Waals surface area (Å²) in [4.78, 5) is 11.8. The molecular weight excluding hydrogens is 264 g/mol. The summed E-state index contributed by atoms with van der Waals surface area (Å²) in [6.07, 6.45) is 2.22. The van der Waals surface area contributed by atoms with Gasteiger partial charge in [-0.2, -0.15) is 0 Å². The van der Waals surface area contributed by atoms with Crippen LogP contribution in [0, 0.1) is 0 Å². The molecule has 1 unspecified atom stereocenters. The van der Waals surface area contributed by atoms with E-state index in [1.165, 1.54) is 0 Å². The molecule has 4 nitrogen and oxygen atoms in total. The summed E-state index contributed by atoms with van der Waals surface area (Å²) in [5.41, 5.74) is 6.74. The Balaban J connectivity index is 2.11. The van der Waals surface area contributed by atoms with Gasteiger partial charge in [0.05, 0.1) is 5.02 Å². The van der Waals surface area contributed by atoms with Gasteiger partial charge in [0.2, 0.25) is 0 Å². The maximum absolute atomic E-state index is 11.8. The molecule has 3 N–H and O–H groups in total. The van der Waals surface area contributed by atoms with E-state index in [0.717, 1.165) is 31.4 Å². The van der Waals surface area contributed by atoms with Gasteiger partial charge in [0, 0.05) is 12.6 Å². The number of halogens is 1. The molecule has 1 aliphatic heterocycles. The maximum atomic E-state index is 11.8. The van der Waals surface area contributed by atoms with E-state index in [0.29, 0.717) is 10.8 Å². The lowest BCUT2D eigenvalue weighted by Gasteiger charge is -2.17. The molecule has 19 heavy (non-hydrogen) atoms. The molecule has 1 aromatic rings. The number of amides is 1. The Morgan fingerprint density at radius 2 is 2.26 bits per heavy atom. The second kappa shape index (κ2) is 6.26. The van der Waals surface area contributed by atoms with Crippen molar-refractivity contribution < 1.29 is 9.53 Å². The van der Waals surface area contributed by atoms with Crippen LogP contribution in [-0.4, -0.2) is 18.6 Å². The normalized spacial score (nSPS) is 21.4. The molecule has 1 heterocycles. The van der Waals surface area contributed by atoms with Gasteiger partial charge >= 0.3 is 0 Å². The topological polar surface area (TPSA) is 64.3 Å². The van der Waals surface area contributed by atoms with Crippen LogP contribution in [0.25, 0.3) is 0 Å². The maximum Gasteiger partial charge on any atom is 0.261 e. The van der Waals surface area contributed by atoms with Crippen LogP contribution in [0.2, 0.25) is 5.02 Å². The molecule has 1 aliphatic rings. The fourth-order valence-corrected chi connectivity index (χ4v) is 2.31. The molecule has 0 spiro atoms. The van der Waals surface area contributed by atoms with Crippen LogP contribution in [0.3, 0.4) is 0 Å². The highest BCUT2D eigenvalue weighted by molar-refractivity contribution is 6.32. The average Bonchev–Trinajstić information content (AvgIpc) is 2.57. The van der Waals surface area contributed by atoms with Gasteiger partial charge in [-0.25, -0.2) is 0 Å². The summed E-state index contributed by atoms with van der Waals surface area (Å²) in [6.45, 7) is 2.61. The number of carbonyl (C=O) groups is 1. The third kappa shape index (κ3) is 3.61. The van der Waals surface area contributed by atoms with E-state index >= 15 is 0 Å². The van der Waals surface area contributed by atoms with E-state index in [1.807, 2.05) is 13.0 Å². The van der Waals surface area contributed by atoms with E-state index in [4.69, 9.17) is 22.1 Å². The number of nitrogens with one attached hydrogen (secondary N) is 1. The fraction of sp³-hybridized carbons (Fsp3) is 0.500. The number of rotatable bonds is 3. The van der Waals surface area contributed by atoms with E-state index in [9.17, 15) is 4.79 Å². The van der Waals surface area contributed by atoms with E-state index in [2.05, 4.69) is 5.32 Å². The first-order valence-corrected chi connectivity index (χ1v) is 6.95. The first-order valence-electron chi connectivity index (χ1n) is 6.57. The second-order valence-electron chi connectivity index (χ2n) is 4.87. The number of carbonyl (C=O) groups excluding carboxylic acids is 1. The standard InChI is InChI=1S/C14H19ClN2O2/c1-9(16)10-5-6-12(11(15)8-10)19-13-4-2-3-7-17-14(13)18/h5-6,8-9,13H,2-4,7,16H2,1H3,(H,17,18)/t9-,13?/m1/s1. The molecule has 0 radical (unpaired) electrons. The summed E-state index contributed by atoms with van der Waals surface area (Å²) in [5.74, 6) is 0.470. The molecule has 2 rings (SSSR count). The quantitative estimate of drug-likeness (QED) is 0.895. The lowest BCUT2D eigenvalue weighted by molar-refractivity contribution is -0.127. The third-order valence-corrected chi connectivity index (χ3v) is 3.53. The van der Waals surface area contributed by atoms with Gasteiger partial charge in [0.25, 0.3) is 5.91 Å². The van der Waals surface area contributed by atoms with Crippen LogP contribution >= 0.6 is 11.6 Å².